The van der Waals surface area contributed by atoms with Gasteiger partial charge in [0.05, 0.1) is 6.61 Å². The molecule has 3 aromatic carbocycles. The Morgan fingerprint density at radius 2 is 1.50 bits per heavy atom. The van der Waals surface area contributed by atoms with Gasteiger partial charge in [-0.1, -0.05) is 30.3 Å². The first-order valence-corrected chi connectivity index (χ1v) is 10.3. The van der Waals surface area contributed by atoms with Gasteiger partial charge in [0.25, 0.3) is 0 Å². The highest BCUT2D eigenvalue weighted by Crippen LogP contribution is 2.30. The molecule has 1 atom stereocenters. The maximum atomic E-state index is 12.8. The zero-order valence-corrected chi connectivity index (χ0v) is 20.1. The third kappa shape index (κ3) is 5.50. The van der Waals surface area contributed by atoms with Crippen molar-refractivity contribution in [1.29, 1.82) is 10.8 Å². The first-order valence-electron chi connectivity index (χ1n) is 10.3. The summed E-state index contributed by atoms with van der Waals surface area (Å²) in [4.78, 5) is 12.8. The van der Waals surface area contributed by atoms with Crippen LogP contribution in [0.25, 0.3) is 21.7 Å². The van der Waals surface area contributed by atoms with Gasteiger partial charge in [-0.15, -0.1) is 24.8 Å². The fourth-order valence-corrected chi connectivity index (χ4v) is 3.77. The summed E-state index contributed by atoms with van der Waals surface area (Å²) in [5.41, 5.74) is 14.0. The second-order valence-electron chi connectivity index (χ2n) is 7.63. The van der Waals surface area contributed by atoms with Crippen LogP contribution in [0.1, 0.15) is 35.3 Å². The smallest absolute Gasteiger partial charge is 0.316 e. The van der Waals surface area contributed by atoms with E-state index in [-0.39, 0.29) is 49.1 Å². The Morgan fingerprint density at radius 3 is 2.15 bits per heavy atom. The predicted octanol–water partition coefficient (Wildman–Crippen LogP) is 4.89. The van der Waals surface area contributed by atoms with E-state index in [1.54, 1.807) is 31.2 Å². The number of carbonyl (C=O) groups is 1. The molecule has 0 aliphatic heterocycles. The van der Waals surface area contributed by atoms with Gasteiger partial charge in [0, 0.05) is 16.5 Å². The molecule has 0 saturated heterocycles. The largest absolute Gasteiger partial charge is 0.465 e. The number of furan rings is 1. The van der Waals surface area contributed by atoms with Crippen LogP contribution in [0.15, 0.2) is 65.1 Å². The number of benzene rings is 3. The van der Waals surface area contributed by atoms with E-state index in [1.165, 1.54) is 0 Å². The lowest BCUT2D eigenvalue weighted by Crippen LogP contribution is -2.18. The highest BCUT2D eigenvalue weighted by molar-refractivity contribution is 5.99. The molecule has 7 nitrogen and oxygen atoms in total. The third-order valence-electron chi connectivity index (χ3n) is 5.42. The second-order valence-corrected chi connectivity index (χ2v) is 7.63. The zero-order chi connectivity index (χ0) is 22.8. The Morgan fingerprint density at radius 1 is 0.882 bits per heavy atom. The molecule has 0 saturated carbocycles. The molecular formula is C25H26Cl2N4O3. The van der Waals surface area contributed by atoms with Crippen molar-refractivity contribution in [3.63, 3.8) is 0 Å². The third-order valence-corrected chi connectivity index (χ3v) is 5.42. The van der Waals surface area contributed by atoms with Crippen molar-refractivity contribution in [2.45, 2.75) is 19.3 Å². The average molecular weight is 501 g/mol. The number of halogens is 2. The molecule has 0 aliphatic rings. The van der Waals surface area contributed by atoms with Gasteiger partial charge in [0.2, 0.25) is 0 Å². The summed E-state index contributed by atoms with van der Waals surface area (Å²) in [5, 5.41) is 18.0. The number of rotatable bonds is 7. The number of ether oxygens (including phenoxy) is 1. The van der Waals surface area contributed by atoms with Crippen molar-refractivity contribution < 1.29 is 13.9 Å². The van der Waals surface area contributed by atoms with Gasteiger partial charge in [-0.2, -0.15) is 0 Å². The fraction of sp³-hybridized carbons (Fsp3) is 0.160. The number of hydrogen-bond donors (Lipinski definition) is 4. The number of nitrogens with two attached hydrogens (primary N) is 2. The molecule has 0 aliphatic carbocycles. The number of hydrogen-bond acceptors (Lipinski definition) is 5. The Hall–Kier alpha value is -3.55. The molecule has 0 bridgehead atoms. The van der Waals surface area contributed by atoms with Crippen LogP contribution in [-0.4, -0.2) is 24.2 Å². The van der Waals surface area contributed by atoms with E-state index in [0.717, 1.165) is 21.7 Å². The number of carbonyl (C=O) groups excluding carboxylic acids is 1. The van der Waals surface area contributed by atoms with Crippen LogP contribution in [0, 0.1) is 10.8 Å². The quantitative estimate of drug-likeness (QED) is 0.162. The van der Waals surface area contributed by atoms with E-state index < -0.39 is 5.92 Å². The molecule has 0 radical (unpaired) electrons. The first-order chi connectivity index (χ1) is 15.4. The van der Waals surface area contributed by atoms with Gasteiger partial charge in [0.15, 0.2) is 0 Å². The lowest BCUT2D eigenvalue weighted by Gasteiger charge is -2.14. The second kappa shape index (κ2) is 11.0. The number of fused-ring (bicyclic) bond motifs is 2. The van der Waals surface area contributed by atoms with E-state index in [0.29, 0.717) is 28.9 Å². The Bertz CT molecular complexity index is 1370. The molecule has 6 N–H and O–H groups in total. The van der Waals surface area contributed by atoms with Crippen molar-refractivity contribution in [1.82, 2.24) is 0 Å². The number of nitrogen functional groups attached to an aromatic ring is 2. The summed E-state index contributed by atoms with van der Waals surface area (Å²) in [7, 11) is 0. The Labute approximate surface area is 209 Å². The molecular weight excluding hydrogens is 475 g/mol. The van der Waals surface area contributed by atoms with Gasteiger partial charge in [-0.25, -0.2) is 0 Å². The Balaban J connectivity index is 0.00000204. The van der Waals surface area contributed by atoms with Gasteiger partial charge < -0.3 is 20.6 Å². The minimum absolute atomic E-state index is 0. The maximum Gasteiger partial charge on any atom is 0.316 e. The molecule has 4 aromatic rings. The van der Waals surface area contributed by atoms with Crippen LogP contribution >= 0.6 is 24.8 Å². The molecule has 1 heterocycles. The number of nitrogens with one attached hydrogen (secondary N) is 2. The summed E-state index contributed by atoms with van der Waals surface area (Å²) in [5.74, 6) is -0.518. The predicted molar refractivity (Wildman–Crippen MR) is 140 cm³/mol. The van der Waals surface area contributed by atoms with Crippen LogP contribution in [0.3, 0.4) is 0 Å². The average Bonchev–Trinajstić information content (AvgIpc) is 3.19. The monoisotopic (exact) mass is 500 g/mol. The first kappa shape index (κ1) is 26.7. The summed E-state index contributed by atoms with van der Waals surface area (Å²) < 4.78 is 11.3. The van der Waals surface area contributed by atoms with Crippen molar-refractivity contribution in [3.8, 4) is 0 Å². The number of amidine groups is 2. The van der Waals surface area contributed by atoms with Crippen LogP contribution < -0.4 is 11.5 Å². The summed E-state index contributed by atoms with van der Waals surface area (Å²) in [6, 6.07) is 18.6. The summed E-state index contributed by atoms with van der Waals surface area (Å²) in [6.45, 7) is 2.04. The van der Waals surface area contributed by atoms with Gasteiger partial charge in [-0.05, 0) is 60.0 Å². The molecule has 0 amide bonds. The van der Waals surface area contributed by atoms with E-state index in [1.807, 2.05) is 36.4 Å². The summed E-state index contributed by atoms with van der Waals surface area (Å²) >= 11 is 0. The Kier molecular flexibility index (Phi) is 8.68. The van der Waals surface area contributed by atoms with Crippen molar-refractivity contribution >= 4 is 64.2 Å². The van der Waals surface area contributed by atoms with Crippen molar-refractivity contribution in [2.75, 3.05) is 6.61 Å². The summed E-state index contributed by atoms with van der Waals surface area (Å²) in [6.07, 6.45) is 0.387. The molecule has 34 heavy (non-hydrogen) atoms. The topological polar surface area (TPSA) is 139 Å². The number of esters is 1. The normalized spacial score (nSPS) is 11.3. The van der Waals surface area contributed by atoms with Gasteiger partial charge >= 0.3 is 5.97 Å². The maximum absolute atomic E-state index is 12.8. The van der Waals surface area contributed by atoms with Gasteiger partial charge in [-0.3, -0.25) is 15.6 Å². The van der Waals surface area contributed by atoms with E-state index in [2.05, 4.69) is 0 Å². The zero-order valence-electron chi connectivity index (χ0n) is 18.5. The van der Waals surface area contributed by atoms with E-state index in [4.69, 9.17) is 31.4 Å². The highest BCUT2D eigenvalue weighted by Gasteiger charge is 2.26. The molecule has 0 fully saturated rings. The van der Waals surface area contributed by atoms with Crippen molar-refractivity contribution in [2.24, 2.45) is 11.5 Å². The molecule has 9 heteroatoms. The highest BCUT2D eigenvalue weighted by atomic mass is 35.5. The molecule has 4 rings (SSSR count). The van der Waals surface area contributed by atoms with Crippen LogP contribution in [0.4, 0.5) is 0 Å². The van der Waals surface area contributed by atoms with Crippen LogP contribution in [-0.2, 0) is 16.0 Å². The lowest BCUT2D eigenvalue weighted by atomic mass is 9.94. The molecule has 178 valence electrons. The minimum atomic E-state index is -0.628. The van der Waals surface area contributed by atoms with E-state index in [9.17, 15) is 4.79 Å². The fourth-order valence-electron chi connectivity index (χ4n) is 3.77. The molecule has 1 unspecified atom stereocenters. The molecule has 0 spiro atoms. The minimum Gasteiger partial charge on any atom is -0.465 e. The van der Waals surface area contributed by atoms with Crippen LogP contribution in [0.5, 0.6) is 0 Å². The van der Waals surface area contributed by atoms with Gasteiger partial charge in [0.1, 0.15) is 28.9 Å². The lowest BCUT2D eigenvalue weighted by molar-refractivity contribution is -0.145. The molecule has 1 aromatic heterocycles. The standard InChI is InChI=1S/C25H24N4O3.2ClH/c1-2-31-25(30)20(22-13-19-12-17(24(28)29)7-8-21(19)32-22)10-14-3-4-15-5-6-16(23(26)27)11-18(15)9-14;;/h3-9,11-13,20H,2,10H2,1H3,(H3,26,27)(H3,28,29);2*1H. The van der Waals surface area contributed by atoms with Crippen molar-refractivity contribution in [3.05, 3.63) is 83.1 Å². The van der Waals surface area contributed by atoms with E-state index >= 15 is 0 Å². The van der Waals surface area contributed by atoms with Crippen LogP contribution in [0.2, 0.25) is 0 Å². The SMILES string of the molecule is CCOC(=O)C(Cc1ccc2ccc(C(=N)N)cc2c1)c1cc2cc(C(=N)N)ccc2o1.Cl.Cl.